The van der Waals surface area contributed by atoms with Gasteiger partial charge >= 0.3 is 0 Å². The van der Waals surface area contributed by atoms with Gasteiger partial charge in [0, 0.05) is 25.3 Å². The highest BCUT2D eigenvalue weighted by Crippen LogP contribution is 2.24. The van der Waals surface area contributed by atoms with Crippen LogP contribution in [0.3, 0.4) is 0 Å². The SMILES string of the molecule is Cc1cccnc1CN1CC(CN)CC1C.Cl. The smallest absolute Gasteiger partial charge is 0.0573 e. The highest BCUT2D eigenvalue weighted by Gasteiger charge is 2.28. The molecule has 0 spiro atoms. The Bertz CT molecular complexity index is 356. The average Bonchev–Trinajstić information content (AvgIpc) is 2.63. The molecule has 1 fully saturated rings. The van der Waals surface area contributed by atoms with Gasteiger partial charge in [-0.05, 0) is 44.4 Å². The lowest BCUT2D eigenvalue weighted by molar-refractivity contribution is 0.252. The minimum absolute atomic E-state index is 0. The quantitative estimate of drug-likeness (QED) is 0.898. The van der Waals surface area contributed by atoms with Crippen LogP contribution in [0.2, 0.25) is 0 Å². The number of nitrogens with two attached hydrogens (primary N) is 1. The molecule has 1 aromatic heterocycles. The van der Waals surface area contributed by atoms with Crippen LogP contribution < -0.4 is 5.73 Å². The Kier molecular flexibility index (Phi) is 5.37. The highest BCUT2D eigenvalue weighted by molar-refractivity contribution is 5.85. The van der Waals surface area contributed by atoms with Gasteiger partial charge in [0.25, 0.3) is 0 Å². The van der Waals surface area contributed by atoms with E-state index in [-0.39, 0.29) is 12.4 Å². The first-order valence-corrected chi connectivity index (χ1v) is 6.05. The second-order valence-electron chi connectivity index (χ2n) is 4.88. The van der Waals surface area contributed by atoms with Crippen molar-refractivity contribution in [3.05, 3.63) is 29.6 Å². The minimum atomic E-state index is 0. The van der Waals surface area contributed by atoms with Gasteiger partial charge in [0.05, 0.1) is 5.69 Å². The molecular weight excluding hydrogens is 234 g/mol. The summed E-state index contributed by atoms with van der Waals surface area (Å²) in [6, 6.07) is 4.76. The Labute approximate surface area is 110 Å². The van der Waals surface area contributed by atoms with Gasteiger partial charge in [0.2, 0.25) is 0 Å². The molecule has 0 saturated carbocycles. The zero-order chi connectivity index (χ0) is 11.5. The predicted octanol–water partition coefficient (Wildman–Crippen LogP) is 1.98. The molecule has 1 aromatic rings. The Morgan fingerprint density at radius 1 is 1.53 bits per heavy atom. The first-order valence-electron chi connectivity index (χ1n) is 6.05. The van der Waals surface area contributed by atoms with Gasteiger partial charge in [0.1, 0.15) is 0 Å². The van der Waals surface area contributed by atoms with Gasteiger partial charge in [-0.1, -0.05) is 6.07 Å². The maximum absolute atomic E-state index is 5.74. The number of likely N-dealkylation sites (tertiary alicyclic amines) is 1. The number of hydrogen-bond acceptors (Lipinski definition) is 3. The molecule has 4 heteroatoms. The normalized spacial score (nSPS) is 24.6. The summed E-state index contributed by atoms with van der Waals surface area (Å²) in [5.74, 6) is 0.666. The average molecular weight is 256 g/mol. The van der Waals surface area contributed by atoms with E-state index in [4.69, 9.17) is 5.73 Å². The summed E-state index contributed by atoms with van der Waals surface area (Å²) in [6.07, 6.45) is 3.10. The standard InChI is InChI=1S/C13H21N3.ClH/c1-10-4-3-5-15-13(10)9-16-8-12(7-14)6-11(16)2;/h3-5,11-12H,6-9,14H2,1-2H3;1H. The number of halogens is 1. The zero-order valence-corrected chi connectivity index (χ0v) is 11.4. The second-order valence-corrected chi connectivity index (χ2v) is 4.88. The van der Waals surface area contributed by atoms with Crippen LogP contribution in [0.5, 0.6) is 0 Å². The number of nitrogens with zero attached hydrogens (tertiary/aromatic N) is 2. The number of aromatic nitrogens is 1. The molecule has 2 atom stereocenters. The molecule has 2 unspecified atom stereocenters. The topological polar surface area (TPSA) is 42.2 Å². The predicted molar refractivity (Wildman–Crippen MR) is 73.3 cm³/mol. The molecule has 2 heterocycles. The molecule has 1 saturated heterocycles. The van der Waals surface area contributed by atoms with Crippen LogP contribution >= 0.6 is 12.4 Å². The fourth-order valence-electron chi connectivity index (χ4n) is 2.49. The van der Waals surface area contributed by atoms with E-state index in [1.807, 2.05) is 12.3 Å². The van der Waals surface area contributed by atoms with Gasteiger partial charge in [-0.25, -0.2) is 0 Å². The van der Waals surface area contributed by atoms with E-state index >= 15 is 0 Å². The summed E-state index contributed by atoms with van der Waals surface area (Å²) < 4.78 is 0. The molecular formula is C13H22ClN3. The van der Waals surface area contributed by atoms with Gasteiger partial charge in [-0.15, -0.1) is 12.4 Å². The van der Waals surface area contributed by atoms with E-state index in [9.17, 15) is 0 Å². The minimum Gasteiger partial charge on any atom is -0.330 e. The Balaban J connectivity index is 0.00000144. The summed E-state index contributed by atoms with van der Waals surface area (Å²) in [6.45, 7) is 7.30. The number of hydrogen-bond donors (Lipinski definition) is 1. The second kappa shape index (κ2) is 6.34. The Morgan fingerprint density at radius 3 is 2.88 bits per heavy atom. The van der Waals surface area contributed by atoms with Gasteiger partial charge in [-0.3, -0.25) is 9.88 Å². The third kappa shape index (κ3) is 3.41. The molecule has 2 rings (SSSR count). The summed E-state index contributed by atoms with van der Waals surface area (Å²) in [5, 5.41) is 0. The third-order valence-corrected chi connectivity index (χ3v) is 3.59. The maximum atomic E-state index is 5.74. The molecule has 1 aliphatic rings. The zero-order valence-electron chi connectivity index (χ0n) is 10.6. The number of pyridine rings is 1. The summed E-state index contributed by atoms with van der Waals surface area (Å²) >= 11 is 0. The van der Waals surface area contributed by atoms with Crippen LogP contribution in [-0.4, -0.2) is 29.0 Å². The van der Waals surface area contributed by atoms with Gasteiger partial charge in [0.15, 0.2) is 0 Å². The molecule has 0 bridgehead atoms. The van der Waals surface area contributed by atoms with E-state index in [0.29, 0.717) is 12.0 Å². The van der Waals surface area contributed by atoms with Crippen molar-refractivity contribution in [2.45, 2.75) is 32.9 Å². The van der Waals surface area contributed by atoms with Gasteiger partial charge < -0.3 is 5.73 Å². The molecule has 1 aliphatic heterocycles. The molecule has 2 N–H and O–H groups in total. The van der Waals surface area contributed by atoms with Crippen molar-refractivity contribution in [1.82, 2.24) is 9.88 Å². The Morgan fingerprint density at radius 2 is 2.29 bits per heavy atom. The fourth-order valence-corrected chi connectivity index (χ4v) is 2.49. The molecule has 3 nitrogen and oxygen atoms in total. The van der Waals surface area contributed by atoms with E-state index in [1.54, 1.807) is 0 Å². The van der Waals surface area contributed by atoms with Crippen LogP contribution in [0, 0.1) is 12.8 Å². The van der Waals surface area contributed by atoms with Crippen LogP contribution in [0.25, 0.3) is 0 Å². The van der Waals surface area contributed by atoms with Crippen LogP contribution in [-0.2, 0) is 6.54 Å². The molecule has 96 valence electrons. The van der Waals surface area contributed by atoms with Gasteiger partial charge in [-0.2, -0.15) is 0 Å². The highest BCUT2D eigenvalue weighted by atomic mass is 35.5. The van der Waals surface area contributed by atoms with Crippen molar-refractivity contribution in [2.75, 3.05) is 13.1 Å². The van der Waals surface area contributed by atoms with Crippen molar-refractivity contribution in [2.24, 2.45) is 11.7 Å². The van der Waals surface area contributed by atoms with Crippen molar-refractivity contribution < 1.29 is 0 Å². The van der Waals surface area contributed by atoms with Crippen molar-refractivity contribution in [3.8, 4) is 0 Å². The largest absolute Gasteiger partial charge is 0.330 e. The number of aryl methyl sites for hydroxylation is 1. The lowest BCUT2D eigenvalue weighted by Gasteiger charge is -2.21. The number of rotatable bonds is 3. The van der Waals surface area contributed by atoms with Crippen molar-refractivity contribution in [3.63, 3.8) is 0 Å². The third-order valence-electron chi connectivity index (χ3n) is 3.59. The van der Waals surface area contributed by atoms with Crippen LogP contribution in [0.4, 0.5) is 0 Å². The molecule has 17 heavy (non-hydrogen) atoms. The van der Waals surface area contributed by atoms with E-state index in [2.05, 4.69) is 29.8 Å². The maximum Gasteiger partial charge on any atom is 0.0573 e. The van der Waals surface area contributed by atoms with Crippen LogP contribution in [0.15, 0.2) is 18.3 Å². The molecule has 0 aliphatic carbocycles. The monoisotopic (exact) mass is 255 g/mol. The van der Waals surface area contributed by atoms with E-state index in [1.165, 1.54) is 17.7 Å². The Hall–Kier alpha value is -0.640. The molecule has 0 radical (unpaired) electrons. The first-order chi connectivity index (χ1) is 7.70. The van der Waals surface area contributed by atoms with Crippen molar-refractivity contribution in [1.29, 1.82) is 0 Å². The van der Waals surface area contributed by atoms with Crippen LogP contribution in [0.1, 0.15) is 24.6 Å². The van der Waals surface area contributed by atoms with Crippen molar-refractivity contribution >= 4 is 12.4 Å². The molecule has 0 aromatic carbocycles. The summed E-state index contributed by atoms with van der Waals surface area (Å²) in [4.78, 5) is 6.95. The first kappa shape index (κ1) is 14.4. The summed E-state index contributed by atoms with van der Waals surface area (Å²) in [5.41, 5.74) is 8.22. The fraction of sp³-hybridized carbons (Fsp3) is 0.615. The molecule has 0 amide bonds. The summed E-state index contributed by atoms with van der Waals surface area (Å²) in [7, 11) is 0. The lowest BCUT2D eigenvalue weighted by atomic mass is 10.1. The lowest BCUT2D eigenvalue weighted by Crippen LogP contribution is -2.28. The van der Waals surface area contributed by atoms with E-state index < -0.39 is 0 Å². The van der Waals surface area contributed by atoms with E-state index in [0.717, 1.165) is 19.6 Å².